The lowest BCUT2D eigenvalue weighted by Gasteiger charge is -2.11. The molecular formula is C21H22N2O4S. The number of carbonyl (C=O) groups is 1. The van der Waals surface area contributed by atoms with Gasteiger partial charge in [0.15, 0.2) is 17.3 Å². The summed E-state index contributed by atoms with van der Waals surface area (Å²) in [5.41, 5.74) is 3.66. The maximum Gasteiger partial charge on any atom is 0.277 e. The number of nitrogens with zero attached hydrogens (tertiary/aromatic N) is 2. The van der Waals surface area contributed by atoms with E-state index in [-0.39, 0.29) is 5.78 Å². The minimum Gasteiger partial charge on any atom is -0.493 e. The fraction of sp³-hybridized carbons (Fsp3) is 0.286. The van der Waals surface area contributed by atoms with Crippen LogP contribution in [0.1, 0.15) is 28.4 Å². The fourth-order valence-electron chi connectivity index (χ4n) is 2.85. The first-order valence-electron chi connectivity index (χ1n) is 8.77. The van der Waals surface area contributed by atoms with Crippen LogP contribution in [0.25, 0.3) is 11.5 Å². The molecule has 3 rings (SSSR count). The Hall–Kier alpha value is -2.80. The Kier molecular flexibility index (Phi) is 6.04. The van der Waals surface area contributed by atoms with Crippen LogP contribution in [0.15, 0.2) is 46.0 Å². The number of aryl methyl sites for hydroxylation is 2. The number of ketones is 1. The summed E-state index contributed by atoms with van der Waals surface area (Å²) >= 11 is 1.23. The second-order valence-electron chi connectivity index (χ2n) is 6.39. The molecule has 1 atom stereocenters. The summed E-state index contributed by atoms with van der Waals surface area (Å²) in [6.45, 7) is 5.85. The Morgan fingerprint density at radius 3 is 2.46 bits per heavy atom. The first kappa shape index (κ1) is 19.9. The molecule has 0 aliphatic rings. The average molecular weight is 398 g/mol. The molecule has 28 heavy (non-hydrogen) atoms. The zero-order valence-electron chi connectivity index (χ0n) is 16.5. The van der Waals surface area contributed by atoms with Crippen molar-refractivity contribution in [3.8, 4) is 23.0 Å². The second-order valence-corrected chi connectivity index (χ2v) is 7.68. The van der Waals surface area contributed by atoms with Gasteiger partial charge in [0.1, 0.15) is 0 Å². The molecule has 1 heterocycles. The lowest BCUT2D eigenvalue weighted by molar-refractivity contribution is 0.0993. The van der Waals surface area contributed by atoms with E-state index in [1.807, 2.05) is 32.9 Å². The van der Waals surface area contributed by atoms with E-state index in [4.69, 9.17) is 13.9 Å². The minimum absolute atomic E-state index is 0.0581. The van der Waals surface area contributed by atoms with Crippen LogP contribution in [0.2, 0.25) is 0 Å². The van der Waals surface area contributed by atoms with Crippen LogP contribution >= 0.6 is 11.8 Å². The SMILES string of the molecule is COc1ccc(C(=O)C(C)Sc2nnc(-c3ccc(C)cc3C)o2)cc1OC. The van der Waals surface area contributed by atoms with Crippen LogP contribution in [-0.4, -0.2) is 35.5 Å². The molecule has 0 aliphatic heterocycles. The van der Waals surface area contributed by atoms with Gasteiger partial charge in [-0.1, -0.05) is 29.5 Å². The normalized spacial score (nSPS) is 11.9. The quantitative estimate of drug-likeness (QED) is 0.420. The summed E-state index contributed by atoms with van der Waals surface area (Å²) in [4.78, 5) is 12.8. The first-order valence-corrected chi connectivity index (χ1v) is 9.65. The highest BCUT2D eigenvalue weighted by Crippen LogP contribution is 2.32. The zero-order chi connectivity index (χ0) is 20.3. The highest BCUT2D eigenvalue weighted by atomic mass is 32.2. The van der Waals surface area contributed by atoms with Crippen LogP contribution in [-0.2, 0) is 0 Å². The van der Waals surface area contributed by atoms with Crippen molar-refractivity contribution < 1.29 is 18.7 Å². The van der Waals surface area contributed by atoms with Gasteiger partial charge in [0.25, 0.3) is 5.22 Å². The van der Waals surface area contributed by atoms with Crippen molar-refractivity contribution in [1.29, 1.82) is 0 Å². The van der Waals surface area contributed by atoms with Gasteiger partial charge in [0, 0.05) is 11.1 Å². The Balaban J connectivity index is 1.75. The number of carbonyl (C=O) groups excluding carboxylic acids is 1. The molecule has 1 aromatic heterocycles. The molecule has 7 heteroatoms. The molecular weight excluding hydrogens is 376 g/mol. The van der Waals surface area contributed by atoms with Gasteiger partial charge < -0.3 is 13.9 Å². The van der Waals surface area contributed by atoms with Gasteiger partial charge in [-0.2, -0.15) is 0 Å². The van der Waals surface area contributed by atoms with E-state index in [0.29, 0.717) is 28.2 Å². The minimum atomic E-state index is -0.398. The topological polar surface area (TPSA) is 74.5 Å². The van der Waals surface area contributed by atoms with Crippen LogP contribution in [0.5, 0.6) is 11.5 Å². The molecule has 2 aromatic carbocycles. The highest BCUT2D eigenvalue weighted by Gasteiger charge is 2.21. The molecule has 6 nitrogen and oxygen atoms in total. The molecule has 3 aromatic rings. The van der Waals surface area contributed by atoms with Crippen molar-refractivity contribution in [1.82, 2.24) is 10.2 Å². The Morgan fingerprint density at radius 2 is 1.79 bits per heavy atom. The van der Waals surface area contributed by atoms with E-state index < -0.39 is 5.25 Å². The molecule has 0 radical (unpaired) electrons. The maximum atomic E-state index is 12.8. The molecule has 0 amide bonds. The lowest BCUT2D eigenvalue weighted by atomic mass is 10.1. The number of benzene rings is 2. The molecule has 0 saturated carbocycles. The number of aromatic nitrogens is 2. The van der Waals surface area contributed by atoms with Gasteiger partial charge in [-0.25, -0.2) is 0 Å². The van der Waals surface area contributed by atoms with Crippen LogP contribution in [0.4, 0.5) is 0 Å². The first-order chi connectivity index (χ1) is 13.4. The molecule has 0 fully saturated rings. The van der Waals surface area contributed by atoms with E-state index >= 15 is 0 Å². The number of methoxy groups -OCH3 is 2. The summed E-state index contributed by atoms with van der Waals surface area (Å²) in [6, 6.07) is 11.1. The summed E-state index contributed by atoms with van der Waals surface area (Å²) in [5.74, 6) is 1.48. The predicted molar refractivity (Wildman–Crippen MR) is 108 cm³/mol. The van der Waals surface area contributed by atoms with Crippen LogP contribution in [0, 0.1) is 13.8 Å². The van der Waals surface area contributed by atoms with E-state index in [2.05, 4.69) is 16.3 Å². The number of rotatable bonds is 7. The summed E-state index contributed by atoms with van der Waals surface area (Å²) < 4.78 is 16.3. The standard InChI is InChI=1S/C21H22N2O4S/c1-12-6-8-16(13(2)10-12)20-22-23-21(27-20)28-14(3)19(24)15-7-9-17(25-4)18(11-15)26-5/h6-11,14H,1-5H3. The van der Waals surface area contributed by atoms with Crippen molar-refractivity contribution in [3.63, 3.8) is 0 Å². The summed E-state index contributed by atoms with van der Waals surface area (Å²) in [6.07, 6.45) is 0. The maximum absolute atomic E-state index is 12.8. The molecule has 0 N–H and O–H groups in total. The lowest BCUT2D eigenvalue weighted by Crippen LogP contribution is -2.13. The van der Waals surface area contributed by atoms with E-state index in [9.17, 15) is 4.79 Å². The van der Waals surface area contributed by atoms with Crippen LogP contribution < -0.4 is 9.47 Å². The summed E-state index contributed by atoms with van der Waals surface area (Å²) in [5, 5.41) is 8.17. The van der Waals surface area contributed by atoms with Crippen molar-refractivity contribution in [2.75, 3.05) is 14.2 Å². The Labute approximate surface area is 168 Å². The van der Waals surface area contributed by atoms with Gasteiger partial charge in [-0.05, 0) is 50.6 Å². The number of Topliss-reactive ketones (excluding diaryl/α,β-unsaturated/α-hetero) is 1. The number of thioether (sulfide) groups is 1. The van der Waals surface area contributed by atoms with Crippen molar-refractivity contribution in [2.24, 2.45) is 0 Å². The van der Waals surface area contributed by atoms with Crippen LogP contribution in [0.3, 0.4) is 0 Å². The Morgan fingerprint density at radius 1 is 1.04 bits per heavy atom. The monoisotopic (exact) mass is 398 g/mol. The van der Waals surface area contributed by atoms with E-state index in [0.717, 1.165) is 11.1 Å². The second kappa shape index (κ2) is 8.48. The largest absolute Gasteiger partial charge is 0.493 e. The Bertz CT molecular complexity index is 1000. The predicted octanol–water partition coefficient (Wildman–Crippen LogP) is 4.73. The number of hydrogen-bond acceptors (Lipinski definition) is 7. The number of hydrogen-bond donors (Lipinski definition) is 0. The third-order valence-electron chi connectivity index (χ3n) is 4.33. The molecule has 0 bridgehead atoms. The van der Waals surface area contributed by atoms with Gasteiger partial charge in [-0.15, -0.1) is 10.2 Å². The average Bonchev–Trinajstić information content (AvgIpc) is 3.14. The van der Waals surface area contributed by atoms with Crippen molar-refractivity contribution in [3.05, 3.63) is 53.1 Å². The third-order valence-corrected chi connectivity index (χ3v) is 5.27. The smallest absolute Gasteiger partial charge is 0.277 e. The molecule has 0 aliphatic carbocycles. The van der Waals surface area contributed by atoms with Crippen molar-refractivity contribution >= 4 is 17.5 Å². The number of ether oxygens (including phenoxy) is 2. The van der Waals surface area contributed by atoms with Gasteiger partial charge >= 0.3 is 0 Å². The third kappa shape index (κ3) is 4.20. The fourth-order valence-corrected chi connectivity index (χ4v) is 3.61. The molecule has 0 spiro atoms. The van der Waals surface area contributed by atoms with E-state index in [1.54, 1.807) is 25.3 Å². The van der Waals surface area contributed by atoms with Gasteiger partial charge in [-0.3, -0.25) is 4.79 Å². The molecule has 146 valence electrons. The van der Waals surface area contributed by atoms with Crippen molar-refractivity contribution in [2.45, 2.75) is 31.2 Å². The van der Waals surface area contributed by atoms with E-state index in [1.165, 1.54) is 24.4 Å². The molecule has 1 unspecified atom stereocenters. The summed E-state index contributed by atoms with van der Waals surface area (Å²) in [7, 11) is 3.10. The van der Waals surface area contributed by atoms with Gasteiger partial charge in [0.05, 0.1) is 19.5 Å². The zero-order valence-corrected chi connectivity index (χ0v) is 17.3. The highest BCUT2D eigenvalue weighted by molar-refractivity contribution is 8.00. The molecule has 0 saturated heterocycles. The van der Waals surface area contributed by atoms with Gasteiger partial charge in [0.2, 0.25) is 5.89 Å².